The summed E-state index contributed by atoms with van der Waals surface area (Å²) in [6, 6.07) is 18.3. The fourth-order valence-corrected chi connectivity index (χ4v) is 1.53. The van der Waals surface area contributed by atoms with Crippen molar-refractivity contribution >= 4 is 6.16 Å². The molecule has 0 saturated heterocycles. The van der Waals surface area contributed by atoms with E-state index in [1.54, 1.807) is 12.1 Å². The first-order valence-electron chi connectivity index (χ1n) is 5.81. The second kappa shape index (κ2) is 6.44. The van der Waals surface area contributed by atoms with Crippen LogP contribution in [0.1, 0.15) is 11.9 Å². The Bertz CT molecular complexity index is 510. The van der Waals surface area contributed by atoms with Crippen molar-refractivity contribution in [2.24, 2.45) is 0 Å². The Hall–Kier alpha value is -2.49. The van der Waals surface area contributed by atoms with Crippen LogP contribution in [0, 0.1) is 0 Å². The average Bonchev–Trinajstić information content (AvgIpc) is 2.48. The van der Waals surface area contributed by atoms with Gasteiger partial charge in [0, 0.05) is 5.56 Å². The van der Waals surface area contributed by atoms with Crippen LogP contribution < -0.4 is 4.74 Å². The van der Waals surface area contributed by atoms with E-state index < -0.39 is 12.4 Å². The van der Waals surface area contributed by atoms with Gasteiger partial charge in [0.15, 0.2) is 0 Å². The summed E-state index contributed by atoms with van der Waals surface area (Å²) in [7, 11) is 1.26. The summed E-state index contributed by atoms with van der Waals surface area (Å²) in [6.07, 6.45) is -1.62. The zero-order valence-electron chi connectivity index (χ0n) is 10.5. The molecule has 0 saturated carbocycles. The smallest absolute Gasteiger partial charge is 0.450 e. The molecule has 0 heterocycles. The SMILES string of the molecule is COC(=O)OC(Oc1ccccc1)c1ccccc1. The molecule has 19 heavy (non-hydrogen) atoms. The molecular weight excluding hydrogens is 244 g/mol. The lowest BCUT2D eigenvalue weighted by Gasteiger charge is -2.18. The van der Waals surface area contributed by atoms with Crippen molar-refractivity contribution in [3.8, 4) is 5.75 Å². The number of hydrogen-bond acceptors (Lipinski definition) is 4. The first-order chi connectivity index (χ1) is 9.29. The molecule has 0 aromatic heterocycles. The zero-order chi connectivity index (χ0) is 13.5. The molecule has 4 heteroatoms. The number of benzene rings is 2. The Morgan fingerprint density at radius 1 is 0.947 bits per heavy atom. The number of hydrogen-bond donors (Lipinski definition) is 0. The van der Waals surface area contributed by atoms with Crippen LogP contribution in [0.15, 0.2) is 60.7 Å². The van der Waals surface area contributed by atoms with Gasteiger partial charge in [0.2, 0.25) is 0 Å². The molecule has 0 N–H and O–H groups in total. The number of para-hydroxylation sites is 1. The third-order valence-corrected chi connectivity index (χ3v) is 2.43. The lowest BCUT2D eigenvalue weighted by Crippen LogP contribution is -2.16. The minimum absolute atomic E-state index is 0.611. The van der Waals surface area contributed by atoms with Gasteiger partial charge in [-0.1, -0.05) is 48.5 Å². The van der Waals surface area contributed by atoms with Gasteiger partial charge in [-0.3, -0.25) is 0 Å². The first-order valence-corrected chi connectivity index (χ1v) is 5.81. The van der Waals surface area contributed by atoms with Crippen molar-refractivity contribution in [1.29, 1.82) is 0 Å². The lowest BCUT2D eigenvalue weighted by molar-refractivity contribution is -0.0615. The van der Waals surface area contributed by atoms with E-state index in [1.165, 1.54) is 7.11 Å². The molecule has 1 atom stereocenters. The van der Waals surface area contributed by atoms with E-state index in [4.69, 9.17) is 9.47 Å². The van der Waals surface area contributed by atoms with Crippen LogP contribution in [0.3, 0.4) is 0 Å². The van der Waals surface area contributed by atoms with Gasteiger partial charge in [-0.25, -0.2) is 4.79 Å². The fraction of sp³-hybridized carbons (Fsp3) is 0.133. The van der Waals surface area contributed by atoms with Gasteiger partial charge < -0.3 is 14.2 Å². The summed E-state index contributed by atoms with van der Waals surface area (Å²) in [5.74, 6) is 0.611. The summed E-state index contributed by atoms with van der Waals surface area (Å²) in [4.78, 5) is 11.3. The molecule has 2 rings (SSSR count). The average molecular weight is 258 g/mol. The molecule has 0 amide bonds. The Kier molecular flexibility index (Phi) is 4.39. The zero-order valence-corrected chi connectivity index (χ0v) is 10.5. The maximum absolute atomic E-state index is 11.3. The van der Waals surface area contributed by atoms with Gasteiger partial charge in [-0.15, -0.1) is 0 Å². The van der Waals surface area contributed by atoms with Crippen LogP contribution in [0.25, 0.3) is 0 Å². The summed E-state index contributed by atoms with van der Waals surface area (Å²) >= 11 is 0. The third kappa shape index (κ3) is 3.74. The van der Waals surface area contributed by atoms with Gasteiger partial charge in [-0.2, -0.15) is 0 Å². The maximum atomic E-state index is 11.3. The molecule has 1 unspecified atom stereocenters. The van der Waals surface area contributed by atoms with E-state index in [9.17, 15) is 4.79 Å². The molecule has 0 radical (unpaired) electrons. The van der Waals surface area contributed by atoms with Crippen LogP contribution in [0.4, 0.5) is 4.79 Å². The minimum Gasteiger partial charge on any atom is -0.450 e. The normalized spacial score (nSPS) is 11.4. The molecule has 0 aliphatic heterocycles. The molecule has 98 valence electrons. The van der Waals surface area contributed by atoms with E-state index in [-0.39, 0.29) is 0 Å². The number of carbonyl (C=O) groups excluding carboxylic acids is 1. The van der Waals surface area contributed by atoms with Gasteiger partial charge in [0.1, 0.15) is 5.75 Å². The maximum Gasteiger partial charge on any atom is 0.511 e. The van der Waals surface area contributed by atoms with Crippen molar-refractivity contribution in [2.45, 2.75) is 6.29 Å². The van der Waals surface area contributed by atoms with Gasteiger partial charge in [0.05, 0.1) is 7.11 Å². The van der Waals surface area contributed by atoms with Crippen LogP contribution >= 0.6 is 0 Å². The monoisotopic (exact) mass is 258 g/mol. The highest BCUT2D eigenvalue weighted by atomic mass is 16.8. The van der Waals surface area contributed by atoms with Crippen LogP contribution in [0.2, 0.25) is 0 Å². The largest absolute Gasteiger partial charge is 0.511 e. The summed E-state index contributed by atoms with van der Waals surface area (Å²) in [5, 5.41) is 0. The predicted octanol–water partition coefficient (Wildman–Crippen LogP) is 3.55. The van der Waals surface area contributed by atoms with E-state index in [2.05, 4.69) is 4.74 Å². The van der Waals surface area contributed by atoms with Crippen molar-refractivity contribution in [3.63, 3.8) is 0 Å². The molecule has 2 aromatic rings. The number of carbonyl (C=O) groups is 1. The van der Waals surface area contributed by atoms with Gasteiger partial charge >= 0.3 is 6.16 Å². The van der Waals surface area contributed by atoms with Crippen LogP contribution in [0.5, 0.6) is 5.75 Å². The summed E-state index contributed by atoms with van der Waals surface area (Å²) in [5.41, 5.74) is 0.733. The van der Waals surface area contributed by atoms with E-state index >= 15 is 0 Å². The second-order valence-electron chi connectivity index (χ2n) is 3.75. The van der Waals surface area contributed by atoms with Crippen molar-refractivity contribution in [3.05, 3.63) is 66.2 Å². The lowest BCUT2D eigenvalue weighted by atomic mass is 10.2. The highest BCUT2D eigenvalue weighted by Gasteiger charge is 2.18. The number of ether oxygens (including phenoxy) is 3. The van der Waals surface area contributed by atoms with Crippen molar-refractivity contribution < 1.29 is 19.0 Å². The van der Waals surface area contributed by atoms with Crippen molar-refractivity contribution in [2.75, 3.05) is 7.11 Å². The molecule has 0 aliphatic carbocycles. The highest BCUT2D eigenvalue weighted by Crippen LogP contribution is 2.23. The van der Waals surface area contributed by atoms with E-state index in [0.29, 0.717) is 5.75 Å². The van der Waals surface area contributed by atoms with Gasteiger partial charge in [-0.05, 0) is 12.1 Å². The van der Waals surface area contributed by atoms with E-state index in [0.717, 1.165) is 5.56 Å². The van der Waals surface area contributed by atoms with E-state index in [1.807, 2.05) is 48.5 Å². The quantitative estimate of drug-likeness (QED) is 0.621. The Morgan fingerprint density at radius 3 is 2.11 bits per heavy atom. The van der Waals surface area contributed by atoms with Gasteiger partial charge in [0.25, 0.3) is 6.29 Å². The Labute approximate surface area is 111 Å². The molecular formula is C15H14O4. The predicted molar refractivity (Wildman–Crippen MR) is 69.7 cm³/mol. The van der Waals surface area contributed by atoms with Crippen molar-refractivity contribution in [1.82, 2.24) is 0 Å². The minimum atomic E-state index is -0.837. The topological polar surface area (TPSA) is 44.8 Å². The highest BCUT2D eigenvalue weighted by molar-refractivity contribution is 5.60. The molecule has 0 aliphatic rings. The third-order valence-electron chi connectivity index (χ3n) is 2.43. The molecule has 2 aromatic carbocycles. The standard InChI is InChI=1S/C15H14O4/c1-17-15(16)19-14(12-8-4-2-5-9-12)18-13-10-6-3-7-11-13/h2-11,14H,1H3. The first kappa shape index (κ1) is 13.0. The molecule has 0 bridgehead atoms. The fourth-order valence-electron chi connectivity index (χ4n) is 1.53. The van der Waals surface area contributed by atoms with Crippen LogP contribution in [-0.4, -0.2) is 13.3 Å². The number of methoxy groups -OCH3 is 1. The molecule has 0 fully saturated rings. The number of rotatable bonds is 4. The second-order valence-corrected chi connectivity index (χ2v) is 3.75. The molecule has 4 nitrogen and oxygen atoms in total. The summed E-state index contributed by atoms with van der Waals surface area (Å²) in [6.45, 7) is 0. The Morgan fingerprint density at radius 2 is 1.53 bits per heavy atom. The Balaban J connectivity index is 2.17. The van der Waals surface area contributed by atoms with Crippen LogP contribution in [-0.2, 0) is 9.47 Å². The molecule has 0 spiro atoms. The summed E-state index contributed by atoms with van der Waals surface area (Å²) < 4.78 is 15.3.